The minimum atomic E-state index is -0.550. The van der Waals surface area contributed by atoms with Crippen molar-refractivity contribution < 1.29 is 14.5 Å². The highest BCUT2D eigenvalue weighted by molar-refractivity contribution is 5.99. The molecule has 1 aliphatic rings. The Labute approximate surface area is 157 Å². The van der Waals surface area contributed by atoms with Crippen LogP contribution in [0.3, 0.4) is 0 Å². The van der Waals surface area contributed by atoms with Gasteiger partial charge < -0.3 is 15.8 Å². The maximum atomic E-state index is 12.4. The van der Waals surface area contributed by atoms with Crippen molar-refractivity contribution in [2.75, 3.05) is 32.0 Å². The Kier molecular flexibility index (Phi) is 6.00. The fraction of sp³-hybridized carbons (Fsp3) is 0.316. The first kappa shape index (κ1) is 18.8. The number of nitro groups is 1. The molecule has 0 aliphatic carbocycles. The first-order valence-corrected chi connectivity index (χ1v) is 8.73. The second kappa shape index (κ2) is 8.61. The molecule has 1 fully saturated rings. The van der Waals surface area contributed by atoms with Crippen molar-refractivity contribution >= 4 is 17.3 Å². The number of nitrogens with two attached hydrogens (primary N) is 1. The zero-order valence-electron chi connectivity index (χ0n) is 14.9. The standard InChI is InChI=1S/C19H22N4O4/c20-18-5-4-16(23(25)26)11-17(18)19(24)21-12-14-2-1-3-15(10-14)13-22-6-8-27-9-7-22/h1-5,10-11H,6-9,12-13,20H2,(H,21,24). The van der Waals surface area contributed by atoms with Crippen LogP contribution in [0, 0.1) is 10.1 Å². The third-order valence-corrected chi connectivity index (χ3v) is 4.45. The van der Waals surface area contributed by atoms with Gasteiger partial charge in [-0.15, -0.1) is 0 Å². The first-order valence-electron chi connectivity index (χ1n) is 8.73. The lowest BCUT2D eigenvalue weighted by Gasteiger charge is -2.26. The summed E-state index contributed by atoms with van der Waals surface area (Å²) in [6.07, 6.45) is 0. The van der Waals surface area contributed by atoms with Gasteiger partial charge in [-0.1, -0.05) is 24.3 Å². The molecule has 1 heterocycles. The molecule has 0 unspecified atom stereocenters. The van der Waals surface area contributed by atoms with Crippen molar-refractivity contribution in [1.29, 1.82) is 0 Å². The Morgan fingerprint density at radius 3 is 2.67 bits per heavy atom. The number of benzene rings is 2. The average molecular weight is 370 g/mol. The lowest BCUT2D eigenvalue weighted by Crippen LogP contribution is -2.35. The number of carbonyl (C=O) groups excluding carboxylic acids is 1. The summed E-state index contributed by atoms with van der Waals surface area (Å²) in [6.45, 7) is 4.47. The zero-order chi connectivity index (χ0) is 19.2. The van der Waals surface area contributed by atoms with Crippen molar-refractivity contribution in [3.8, 4) is 0 Å². The molecule has 8 nitrogen and oxygen atoms in total. The highest BCUT2D eigenvalue weighted by Gasteiger charge is 2.15. The van der Waals surface area contributed by atoms with Gasteiger partial charge in [-0.2, -0.15) is 0 Å². The maximum Gasteiger partial charge on any atom is 0.270 e. The monoisotopic (exact) mass is 370 g/mol. The number of nitro benzene ring substituents is 1. The number of nitrogen functional groups attached to an aromatic ring is 1. The number of ether oxygens (including phenoxy) is 1. The number of nitrogens with zero attached hydrogens (tertiary/aromatic N) is 2. The van der Waals surface area contributed by atoms with Gasteiger partial charge in [-0.25, -0.2) is 0 Å². The number of anilines is 1. The lowest BCUT2D eigenvalue weighted by molar-refractivity contribution is -0.384. The summed E-state index contributed by atoms with van der Waals surface area (Å²) in [4.78, 5) is 25.0. The summed E-state index contributed by atoms with van der Waals surface area (Å²) in [7, 11) is 0. The van der Waals surface area contributed by atoms with Crippen LogP contribution in [-0.4, -0.2) is 42.0 Å². The highest BCUT2D eigenvalue weighted by Crippen LogP contribution is 2.19. The molecule has 0 radical (unpaired) electrons. The van der Waals surface area contributed by atoms with Crippen LogP contribution >= 0.6 is 0 Å². The molecule has 1 aliphatic heterocycles. The SMILES string of the molecule is Nc1ccc([N+](=O)[O-])cc1C(=O)NCc1cccc(CN2CCOCC2)c1. The molecular weight excluding hydrogens is 348 g/mol. The van der Waals surface area contributed by atoms with Crippen molar-refractivity contribution in [2.45, 2.75) is 13.1 Å². The fourth-order valence-electron chi connectivity index (χ4n) is 2.99. The Balaban J connectivity index is 1.63. The normalized spacial score (nSPS) is 14.7. The van der Waals surface area contributed by atoms with E-state index in [1.165, 1.54) is 23.8 Å². The second-order valence-corrected chi connectivity index (χ2v) is 6.42. The van der Waals surface area contributed by atoms with Crippen LogP contribution in [-0.2, 0) is 17.8 Å². The molecule has 1 amide bonds. The number of nitrogens with one attached hydrogen (secondary N) is 1. The van der Waals surface area contributed by atoms with Crippen molar-refractivity contribution in [3.63, 3.8) is 0 Å². The van der Waals surface area contributed by atoms with Crippen LogP contribution in [0.2, 0.25) is 0 Å². The third kappa shape index (κ3) is 5.02. The van der Waals surface area contributed by atoms with Gasteiger partial charge in [0.2, 0.25) is 0 Å². The molecule has 0 aromatic heterocycles. The predicted octanol–water partition coefficient (Wildman–Crippen LogP) is 1.94. The number of amides is 1. The number of morpholine rings is 1. The first-order chi connectivity index (χ1) is 13.0. The quantitative estimate of drug-likeness (QED) is 0.457. The Hall–Kier alpha value is -2.97. The Morgan fingerprint density at radius 1 is 1.19 bits per heavy atom. The number of non-ortho nitro benzene ring substituents is 1. The molecule has 1 saturated heterocycles. The molecule has 8 heteroatoms. The molecule has 2 aromatic carbocycles. The van der Waals surface area contributed by atoms with E-state index in [2.05, 4.69) is 16.3 Å². The summed E-state index contributed by atoms with van der Waals surface area (Å²) >= 11 is 0. The van der Waals surface area contributed by atoms with Gasteiger partial charge in [0.05, 0.1) is 23.7 Å². The summed E-state index contributed by atoms with van der Waals surface area (Å²) in [5, 5.41) is 13.7. The third-order valence-electron chi connectivity index (χ3n) is 4.45. The average Bonchev–Trinajstić information content (AvgIpc) is 2.67. The van der Waals surface area contributed by atoms with Gasteiger partial charge in [0.15, 0.2) is 0 Å². The molecule has 2 aromatic rings. The molecule has 27 heavy (non-hydrogen) atoms. The van der Waals surface area contributed by atoms with Gasteiger partial charge in [-0.05, 0) is 17.2 Å². The molecular formula is C19H22N4O4. The topological polar surface area (TPSA) is 111 Å². The van der Waals surface area contributed by atoms with E-state index in [0.29, 0.717) is 6.54 Å². The van der Waals surface area contributed by atoms with E-state index in [1.807, 2.05) is 18.2 Å². The van der Waals surface area contributed by atoms with Crippen LogP contribution < -0.4 is 11.1 Å². The van der Waals surface area contributed by atoms with E-state index in [0.717, 1.165) is 38.4 Å². The van der Waals surface area contributed by atoms with Gasteiger partial charge in [0.1, 0.15) is 0 Å². The van der Waals surface area contributed by atoms with Crippen LogP contribution in [0.15, 0.2) is 42.5 Å². The van der Waals surface area contributed by atoms with E-state index in [9.17, 15) is 14.9 Å². The van der Waals surface area contributed by atoms with Crippen LogP contribution in [0.5, 0.6) is 0 Å². The minimum Gasteiger partial charge on any atom is -0.398 e. The summed E-state index contributed by atoms with van der Waals surface area (Å²) < 4.78 is 5.36. The van der Waals surface area contributed by atoms with Crippen LogP contribution in [0.1, 0.15) is 21.5 Å². The molecule has 3 N–H and O–H groups in total. The second-order valence-electron chi connectivity index (χ2n) is 6.42. The Morgan fingerprint density at radius 2 is 1.93 bits per heavy atom. The smallest absolute Gasteiger partial charge is 0.270 e. The zero-order valence-corrected chi connectivity index (χ0v) is 14.9. The molecule has 0 spiro atoms. The van der Waals surface area contributed by atoms with E-state index >= 15 is 0 Å². The fourth-order valence-corrected chi connectivity index (χ4v) is 2.99. The van der Waals surface area contributed by atoms with Gasteiger partial charge in [0.25, 0.3) is 11.6 Å². The lowest BCUT2D eigenvalue weighted by atomic mass is 10.1. The molecule has 0 bridgehead atoms. The molecule has 0 saturated carbocycles. The number of rotatable bonds is 6. The van der Waals surface area contributed by atoms with Crippen molar-refractivity contribution in [2.24, 2.45) is 0 Å². The van der Waals surface area contributed by atoms with Crippen molar-refractivity contribution in [3.05, 3.63) is 69.3 Å². The van der Waals surface area contributed by atoms with Gasteiger partial charge in [-0.3, -0.25) is 19.8 Å². The summed E-state index contributed by atoms with van der Waals surface area (Å²) in [5.74, 6) is -0.435. The summed E-state index contributed by atoms with van der Waals surface area (Å²) in [6, 6.07) is 11.8. The number of hydrogen-bond donors (Lipinski definition) is 2. The largest absolute Gasteiger partial charge is 0.398 e. The molecule has 0 atom stereocenters. The van der Waals surface area contributed by atoms with Gasteiger partial charge >= 0.3 is 0 Å². The van der Waals surface area contributed by atoms with E-state index in [-0.39, 0.29) is 16.9 Å². The number of carbonyl (C=O) groups is 1. The van der Waals surface area contributed by atoms with Crippen LogP contribution in [0.25, 0.3) is 0 Å². The minimum absolute atomic E-state index is 0.105. The van der Waals surface area contributed by atoms with Crippen molar-refractivity contribution in [1.82, 2.24) is 10.2 Å². The van der Waals surface area contributed by atoms with Crippen LogP contribution in [0.4, 0.5) is 11.4 Å². The predicted molar refractivity (Wildman–Crippen MR) is 101 cm³/mol. The summed E-state index contributed by atoms with van der Waals surface area (Å²) in [5.41, 5.74) is 8.06. The Bertz CT molecular complexity index is 834. The van der Waals surface area contributed by atoms with E-state index in [1.54, 1.807) is 0 Å². The molecule has 142 valence electrons. The van der Waals surface area contributed by atoms with E-state index in [4.69, 9.17) is 10.5 Å². The highest BCUT2D eigenvalue weighted by atomic mass is 16.6. The maximum absolute atomic E-state index is 12.4. The van der Waals surface area contributed by atoms with E-state index < -0.39 is 10.8 Å². The van der Waals surface area contributed by atoms with Gasteiger partial charge in [0, 0.05) is 44.0 Å². The number of hydrogen-bond acceptors (Lipinski definition) is 6. The molecule has 3 rings (SSSR count).